The van der Waals surface area contributed by atoms with E-state index in [0.29, 0.717) is 12.2 Å². The Bertz CT molecular complexity index is 65.1. The third kappa shape index (κ3) is 1.32. The molecule has 2 heteroatoms. The van der Waals surface area contributed by atoms with Crippen LogP contribution in [0.5, 0.6) is 0 Å². The zero-order chi connectivity index (χ0) is 5.28. The lowest BCUT2D eigenvalue weighted by Crippen LogP contribution is -1.88. The van der Waals surface area contributed by atoms with Gasteiger partial charge >= 0.3 is 0 Å². The molecule has 1 fully saturated rings. The summed E-state index contributed by atoms with van der Waals surface area (Å²) >= 11 is 5.42. The van der Waals surface area contributed by atoms with Gasteiger partial charge in [-0.1, -0.05) is 0 Å². The van der Waals surface area contributed by atoms with Crippen LogP contribution in [0.4, 0.5) is 0 Å². The predicted octanol–water partition coefficient (Wildman–Crippen LogP) is 1.40. The normalized spacial score (nSPS) is 38.6. The summed E-state index contributed by atoms with van der Waals surface area (Å²) in [7, 11) is 0. The minimum Gasteiger partial charge on any atom is -0.370 e. The van der Waals surface area contributed by atoms with Crippen LogP contribution in [-0.4, -0.2) is 18.1 Å². The van der Waals surface area contributed by atoms with Gasteiger partial charge in [-0.15, -0.1) is 11.6 Å². The quantitative estimate of drug-likeness (QED) is 0.397. The molecule has 42 valence electrons. The van der Waals surface area contributed by atoms with Crippen LogP contribution in [0.2, 0.25) is 0 Å². The van der Waals surface area contributed by atoms with E-state index in [9.17, 15) is 0 Å². The highest BCUT2D eigenvalue weighted by Crippen LogP contribution is 2.24. The maximum atomic E-state index is 5.42. The number of epoxide rings is 1. The lowest BCUT2D eigenvalue weighted by Gasteiger charge is -1.80. The van der Waals surface area contributed by atoms with Crippen molar-refractivity contribution in [1.29, 1.82) is 0 Å². The van der Waals surface area contributed by atoms with Gasteiger partial charge in [0.25, 0.3) is 0 Å². The van der Waals surface area contributed by atoms with Crippen LogP contribution in [0.15, 0.2) is 0 Å². The first kappa shape index (κ1) is 5.39. The monoisotopic (exact) mass is 120 g/mol. The number of ether oxygens (including phenoxy) is 1. The van der Waals surface area contributed by atoms with Crippen LogP contribution in [0.3, 0.4) is 0 Å². The van der Waals surface area contributed by atoms with Gasteiger partial charge in [-0.2, -0.15) is 0 Å². The first-order chi connectivity index (χ1) is 3.34. The average Bonchev–Trinajstić information content (AvgIpc) is 2.22. The van der Waals surface area contributed by atoms with Crippen LogP contribution < -0.4 is 0 Å². The van der Waals surface area contributed by atoms with Gasteiger partial charge in [0.05, 0.1) is 12.2 Å². The first-order valence-electron chi connectivity index (χ1n) is 2.56. The van der Waals surface area contributed by atoms with Gasteiger partial charge in [0.15, 0.2) is 0 Å². The molecule has 1 heterocycles. The molecule has 0 aliphatic carbocycles. The SMILES string of the molecule is CC1OC1CCCl. The Kier molecular flexibility index (Phi) is 1.55. The van der Waals surface area contributed by atoms with Crippen LogP contribution >= 0.6 is 11.6 Å². The summed E-state index contributed by atoms with van der Waals surface area (Å²) < 4.78 is 5.07. The fourth-order valence-corrected chi connectivity index (χ4v) is 0.856. The summed E-state index contributed by atoms with van der Waals surface area (Å²) in [5.74, 6) is 0.731. The molecule has 7 heavy (non-hydrogen) atoms. The Labute approximate surface area is 48.6 Å². The van der Waals surface area contributed by atoms with Crippen LogP contribution in [-0.2, 0) is 4.74 Å². The Morgan fingerprint density at radius 2 is 2.29 bits per heavy atom. The molecule has 0 bridgehead atoms. The number of halogens is 1. The highest BCUT2D eigenvalue weighted by Gasteiger charge is 2.32. The molecule has 0 amide bonds. The van der Waals surface area contributed by atoms with Crippen molar-refractivity contribution in [2.24, 2.45) is 0 Å². The summed E-state index contributed by atoms with van der Waals surface area (Å²) in [6, 6.07) is 0. The summed E-state index contributed by atoms with van der Waals surface area (Å²) in [6.45, 7) is 2.07. The van der Waals surface area contributed by atoms with E-state index in [4.69, 9.17) is 16.3 Å². The van der Waals surface area contributed by atoms with Gasteiger partial charge in [-0.25, -0.2) is 0 Å². The van der Waals surface area contributed by atoms with E-state index >= 15 is 0 Å². The second-order valence-corrected chi connectivity index (χ2v) is 2.24. The van der Waals surface area contributed by atoms with Crippen molar-refractivity contribution in [1.82, 2.24) is 0 Å². The molecular weight excluding hydrogens is 112 g/mol. The van der Waals surface area contributed by atoms with E-state index < -0.39 is 0 Å². The van der Waals surface area contributed by atoms with Crippen molar-refractivity contribution in [3.05, 3.63) is 0 Å². The predicted molar refractivity (Wildman–Crippen MR) is 29.7 cm³/mol. The molecule has 2 unspecified atom stereocenters. The number of hydrogen-bond acceptors (Lipinski definition) is 1. The Morgan fingerprint density at radius 3 is 2.43 bits per heavy atom. The number of alkyl halides is 1. The van der Waals surface area contributed by atoms with Crippen molar-refractivity contribution in [2.45, 2.75) is 25.6 Å². The average molecular weight is 121 g/mol. The van der Waals surface area contributed by atoms with Crippen molar-refractivity contribution < 1.29 is 4.74 Å². The molecule has 0 saturated carbocycles. The third-order valence-electron chi connectivity index (χ3n) is 1.23. The Morgan fingerprint density at radius 1 is 1.71 bits per heavy atom. The van der Waals surface area contributed by atoms with E-state index in [2.05, 4.69) is 6.92 Å². The summed E-state index contributed by atoms with van der Waals surface area (Å²) in [5, 5.41) is 0. The lowest BCUT2D eigenvalue weighted by molar-refractivity contribution is 0.375. The van der Waals surface area contributed by atoms with Crippen LogP contribution in [0.1, 0.15) is 13.3 Å². The molecule has 0 N–H and O–H groups in total. The molecule has 0 aromatic rings. The van der Waals surface area contributed by atoms with Gasteiger partial charge < -0.3 is 4.74 Å². The first-order valence-corrected chi connectivity index (χ1v) is 3.09. The minimum absolute atomic E-state index is 0.484. The van der Waals surface area contributed by atoms with Crippen molar-refractivity contribution in [3.8, 4) is 0 Å². The van der Waals surface area contributed by atoms with Gasteiger partial charge in [-0.05, 0) is 13.3 Å². The van der Waals surface area contributed by atoms with Crippen LogP contribution in [0, 0.1) is 0 Å². The largest absolute Gasteiger partial charge is 0.370 e. The van der Waals surface area contributed by atoms with Gasteiger partial charge in [-0.3, -0.25) is 0 Å². The standard InChI is InChI=1S/C5H9ClO/c1-4-5(7-4)2-3-6/h4-5H,2-3H2,1H3. The second kappa shape index (κ2) is 2.01. The molecule has 1 aliphatic rings. The van der Waals surface area contributed by atoms with E-state index in [1.807, 2.05) is 0 Å². The Balaban J connectivity index is 1.98. The molecular formula is C5H9ClO. The molecule has 2 atom stereocenters. The van der Waals surface area contributed by atoms with Crippen molar-refractivity contribution in [3.63, 3.8) is 0 Å². The minimum atomic E-state index is 0.484. The molecule has 1 rings (SSSR count). The summed E-state index contributed by atoms with van der Waals surface area (Å²) in [4.78, 5) is 0. The maximum absolute atomic E-state index is 5.42. The number of rotatable bonds is 2. The fourth-order valence-electron chi connectivity index (χ4n) is 0.641. The highest BCUT2D eigenvalue weighted by molar-refractivity contribution is 6.17. The van der Waals surface area contributed by atoms with E-state index in [1.54, 1.807) is 0 Å². The maximum Gasteiger partial charge on any atom is 0.0850 e. The van der Waals surface area contributed by atoms with E-state index in [-0.39, 0.29) is 0 Å². The molecule has 0 aromatic carbocycles. The molecule has 0 radical (unpaired) electrons. The zero-order valence-electron chi connectivity index (χ0n) is 4.36. The fraction of sp³-hybridized carbons (Fsp3) is 1.00. The summed E-state index contributed by atoms with van der Waals surface area (Å²) in [6.07, 6.45) is 1.99. The topological polar surface area (TPSA) is 12.5 Å². The van der Waals surface area contributed by atoms with Crippen LogP contribution in [0.25, 0.3) is 0 Å². The molecule has 0 aromatic heterocycles. The molecule has 1 saturated heterocycles. The zero-order valence-corrected chi connectivity index (χ0v) is 5.11. The molecule has 1 nitrogen and oxygen atoms in total. The lowest BCUT2D eigenvalue weighted by atomic mass is 10.3. The van der Waals surface area contributed by atoms with E-state index in [1.165, 1.54) is 0 Å². The number of hydrogen-bond donors (Lipinski definition) is 0. The molecule has 1 aliphatic heterocycles. The second-order valence-electron chi connectivity index (χ2n) is 1.86. The molecule has 0 spiro atoms. The third-order valence-corrected chi connectivity index (χ3v) is 1.45. The highest BCUT2D eigenvalue weighted by atomic mass is 35.5. The summed E-state index contributed by atoms with van der Waals surface area (Å²) in [5.41, 5.74) is 0. The smallest absolute Gasteiger partial charge is 0.0850 e. The van der Waals surface area contributed by atoms with Gasteiger partial charge in [0.2, 0.25) is 0 Å². The van der Waals surface area contributed by atoms with Gasteiger partial charge in [0, 0.05) is 5.88 Å². The van der Waals surface area contributed by atoms with E-state index in [0.717, 1.165) is 12.3 Å². The van der Waals surface area contributed by atoms with Gasteiger partial charge in [0.1, 0.15) is 0 Å². The van der Waals surface area contributed by atoms with Crippen molar-refractivity contribution in [2.75, 3.05) is 5.88 Å². The Hall–Kier alpha value is 0.250. The van der Waals surface area contributed by atoms with Crippen molar-refractivity contribution >= 4 is 11.6 Å².